The molecule has 1 aliphatic rings. The summed E-state index contributed by atoms with van der Waals surface area (Å²) in [6.45, 7) is 3.10. The molecule has 5 N–H and O–H groups in total. The Labute approximate surface area is 288 Å². The van der Waals surface area contributed by atoms with E-state index in [-0.39, 0.29) is 22.8 Å². The molecule has 276 valence electrons. The van der Waals surface area contributed by atoms with Gasteiger partial charge in [-0.05, 0) is 68.0 Å². The van der Waals surface area contributed by atoms with Crippen LogP contribution in [0, 0.1) is 0 Å². The lowest BCUT2D eigenvalue weighted by Crippen LogP contribution is -2.40. The van der Waals surface area contributed by atoms with Gasteiger partial charge in [-0.1, -0.05) is 70.1 Å². The average molecular weight is 719 g/mol. The number of benzene rings is 2. The average Bonchev–Trinajstić information content (AvgIpc) is 3.04. The molecular formula is C36H51F5N2O5S. The van der Waals surface area contributed by atoms with Gasteiger partial charge < -0.3 is 26.0 Å². The predicted molar refractivity (Wildman–Crippen MR) is 182 cm³/mol. The van der Waals surface area contributed by atoms with Crippen LogP contribution in [0.25, 0.3) is 0 Å². The van der Waals surface area contributed by atoms with Gasteiger partial charge in [-0.2, -0.15) is 22.0 Å². The summed E-state index contributed by atoms with van der Waals surface area (Å²) in [5.41, 5.74) is 13.2. The highest BCUT2D eigenvalue weighted by Crippen LogP contribution is 2.50. The number of carbonyl (C=O) groups excluding carboxylic acids is 1. The molecule has 7 nitrogen and oxygen atoms in total. The fourth-order valence-corrected chi connectivity index (χ4v) is 7.47. The molecule has 1 heterocycles. The van der Waals surface area contributed by atoms with Gasteiger partial charge in [-0.3, -0.25) is 4.21 Å². The second-order valence-electron chi connectivity index (χ2n) is 13.2. The first kappa shape index (κ1) is 40.7. The fourth-order valence-electron chi connectivity index (χ4n) is 6.28. The molecule has 0 saturated carbocycles. The van der Waals surface area contributed by atoms with Crippen molar-refractivity contribution in [2.45, 2.75) is 120 Å². The number of halogens is 5. The van der Waals surface area contributed by atoms with E-state index < -0.39 is 47.8 Å². The quantitative estimate of drug-likeness (QED) is 0.0517. The van der Waals surface area contributed by atoms with E-state index in [4.69, 9.17) is 20.9 Å². The van der Waals surface area contributed by atoms with Crippen molar-refractivity contribution >= 4 is 16.8 Å². The van der Waals surface area contributed by atoms with Gasteiger partial charge in [0.25, 0.3) is 0 Å². The maximum absolute atomic E-state index is 13.0. The van der Waals surface area contributed by atoms with Gasteiger partial charge in [0, 0.05) is 46.1 Å². The molecule has 13 heteroatoms. The number of alkyl halides is 5. The number of phenolic OH excluding ortho intramolecular Hbond substituents is 1. The molecule has 3 rings (SSSR count). The summed E-state index contributed by atoms with van der Waals surface area (Å²) in [5.74, 6) is -3.78. The molecule has 49 heavy (non-hydrogen) atoms. The topological polar surface area (TPSA) is 125 Å². The van der Waals surface area contributed by atoms with Crippen LogP contribution in [0.5, 0.6) is 17.2 Å². The molecule has 2 aromatic rings. The van der Waals surface area contributed by atoms with Crippen LogP contribution >= 0.6 is 0 Å². The molecule has 0 bridgehead atoms. The minimum atomic E-state index is -5.57. The number of phenols is 1. The van der Waals surface area contributed by atoms with Crippen molar-refractivity contribution in [3.05, 3.63) is 53.6 Å². The second kappa shape index (κ2) is 19.0. The monoisotopic (exact) mass is 718 g/mol. The Morgan fingerprint density at radius 2 is 1.59 bits per heavy atom. The zero-order chi connectivity index (χ0) is 36.1. The molecular weight excluding hydrogens is 667 g/mol. The molecule has 0 aromatic heterocycles. The second-order valence-corrected chi connectivity index (χ2v) is 14.9. The molecule has 4 atom stereocenters. The maximum atomic E-state index is 13.0. The van der Waals surface area contributed by atoms with E-state index >= 15 is 0 Å². The van der Waals surface area contributed by atoms with E-state index in [0.717, 1.165) is 68.9 Å². The Kier molecular flexibility index (Phi) is 15.8. The maximum Gasteiger partial charge on any atom is 0.453 e. The van der Waals surface area contributed by atoms with Gasteiger partial charge in [0.05, 0.1) is 6.61 Å². The number of hydrogen-bond donors (Lipinski definition) is 3. The van der Waals surface area contributed by atoms with Crippen LogP contribution in [-0.4, -0.2) is 58.1 Å². The van der Waals surface area contributed by atoms with Crippen molar-refractivity contribution in [2.24, 2.45) is 11.5 Å². The third-order valence-corrected chi connectivity index (χ3v) is 10.8. The van der Waals surface area contributed by atoms with Crippen LogP contribution in [0.4, 0.5) is 22.0 Å². The van der Waals surface area contributed by atoms with Gasteiger partial charge in [-0.15, -0.1) is 0 Å². The van der Waals surface area contributed by atoms with E-state index in [1.54, 1.807) is 24.3 Å². The number of hydrogen-bond acceptors (Lipinski definition) is 7. The lowest BCUT2D eigenvalue weighted by molar-refractivity contribution is -0.284. The standard InChI is InChI=1S/C36H51F5N2O5S/c1-34(26-14-16-27(44)17-15-26)25-47-32-24-28(48-33(45)31(43)13-8-9-21-42)18-19-29(32)30(34)12-7-5-3-2-4-6-10-22-49(46)23-11-20-35(37,38)36(39,40)41/h14-19,24,30-31,44H,2-13,20-23,25,42-43H2,1H3. The van der Waals surface area contributed by atoms with Crippen molar-refractivity contribution < 1.29 is 45.5 Å². The normalized spacial score (nSPS) is 19.1. The Balaban J connectivity index is 1.49. The van der Waals surface area contributed by atoms with Crippen LogP contribution in [0.3, 0.4) is 0 Å². The number of nitrogens with two attached hydrogens (primary N) is 2. The summed E-state index contributed by atoms with van der Waals surface area (Å²) in [6.07, 6.45) is 1.89. The SMILES string of the molecule is CC1(c2ccc(O)cc2)COc2cc(OC(=O)C(N)CCCCN)ccc2C1CCCCCCCCCS(=O)CCCC(F)(F)C(F)(F)F. The molecule has 4 unspecified atom stereocenters. The van der Waals surface area contributed by atoms with Gasteiger partial charge in [0.1, 0.15) is 23.3 Å². The smallest absolute Gasteiger partial charge is 0.453 e. The summed E-state index contributed by atoms with van der Waals surface area (Å²) in [5, 5.41) is 9.89. The number of aromatic hydroxyl groups is 1. The van der Waals surface area contributed by atoms with E-state index in [1.165, 1.54) is 0 Å². The highest BCUT2D eigenvalue weighted by molar-refractivity contribution is 7.84. The lowest BCUT2D eigenvalue weighted by atomic mass is 9.66. The zero-order valence-electron chi connectivity index (χ0n) is 28.2. The van der Waals surface area contributed by atoms with Crippen LogP contribution in [0.15, 0.2) is 42.5 Å². The first-order valence-electron chi connectivity index (χ1n) is 17.2. The first-order valence-corrected chi connectivity index (χ1v) is 18.7. The van der Waals surface area contributed by atoms with Gasteiger partial charge in [-0.25, -0.2) is 4.79 Å². The minimum absolute atomic E-state index is 0.0927. The molecule has 0 aliphatic carbocycles. The Bertz CT molecular complexity index is 1340. The van der Waals surface area contributed by atoms with Crippen molar-refractivity contribution in [2.75, 3.05) is 24.7 Å². The van der Waals surface area contributed by atoms with Crippen molar-refractivity contribution in [3.63, 3.8) is 0 Å². The Morgan fingerprint density at radius 3 is 2.24 bits per heavy atom. The van der Waals surface area contributed by atoms with Crippen LogP contribution in [0.1, 0.15) is 107 Å². The summed E-state index contributed by atoms with van der Waals surface area (Å²) in [4.78, 5) is 12.6. The molecule has 1 aliphatic heterocycles. The van der Waals surface area contributed by atoms with E-state index in [0.29, 0.717) is 43.2 Å². The van der Waals surface area contributed by atoms with Gasteiger partial charge >= 0.3 is 18.1 Å². The van der Waals surface area contributed by atoms with Crippen LogP contribution < -0.4 is 20.9 Å². The molecule has 0 amide bonds. The van der Waals surface area contributed by atoms with Crippen molar-refractivity contribution in [1.29, 1.82) is 0 Å². The number of rotatable bonds is 21. The Hall–Kier alpha value is -2.77. The lowest BCUT2D eigenvalue weighted by Gasteiger charge is -2.43. The summed E-state index contributed by atoms with van der Waals surface area (Å²) in [7, 11) is -1.41. The third-order valence-electron chi connectivity index (χ3n) is 9.32. The third kappa shape index (κ3) is 12.2. The zero-order valence-corrected chi connectivity index (χ0v) is 29.1. The summed E-state index contributed by atoms with van der Waals surface area (Å²) in [6, 6.07) is 11.9. The van der Waals surface area contributed by atoms with Gasteiger partial charge in [0.2, 0.25) is 0 Å². The number of ether oxygens (including phenoxy) is 2. The highest BCUT2D eigenvalue weighted by atomic mass is 32.2. The number of esters is 1. The van der Waals surface area contributed by atoms with Crippen molar-refractivity contribution in [1.82, 2.24) is 0 Å². The van der Waals surface area contributed by atoms with Crippen LogP contribution in [-0.2, 0) is 21.0 Å². The molecule has 0 fully saturated rings. The molecule has 2 aromatic carbocycles. The number of carbonyl (C=O) groups is 1. The molecule has 0 saturated heterocycles. The Morgan fingerprint density at radius 1 is 0.959 bits per heavy atom. The first-order chi connectivity index (χ1) is 23.2. The fraction of sp³-hybridized carbons (Fsp3) is 0.639. The van der Waals surface area contributed by atoms with Crippen LogP contribution in [0.2, 0.25) is 0 Å². The van der Waals surface area contributed by atoms with E-state index in [1.807, 2.05) is 18.2 Å². The van der Waals surface area contributed by atoms with E-state index in [2.05, 4.69) is 6.92 Å². The molecule has 0 radical (unpaired) electrons. The minimum Gasteiger partial charge on any atom is -0.508 e. The van der Waals surface area contributed by atoms with Crippen molar-refractivity contribution in [3.8, 4) is 17.2 Å². The van der Waals surface area contributed by atoms with Gasteiger partial charge in [0.15, 0.2) is 0 Å². The highest BCUT2D eigenvalue weighted by Gasteiger charge is 2.56. The number of fused-ring (bicyclic) bond motifs is 1. The summed E-state index contributed by atoms with van der Waals surface area (Å²) >= 11 is 0. The number of unbranched alkanes of at least 4 members (excludes halogenated alkanes) is 7. The predicted octanol–water partition coefficient (Wildman–Crippen LogP) is 8.04. The largest absolute Gasteiger partial charge is 0.508 e. The van der Waals surface area contributed by atoms with E-state index in [9.17, 15) is 36.1 Å². The molecule has 0 spiro atoms. The summed E-state index contributed by atoms with van der Waals surface area (Å²) < 4.78 is 86.7.